The Morgan fingerprint density at radius 2 is 1.32 bits per heavy atom. The number of nitrogens with zero attached hydrogens (tertiary/aromatic N) is 1. The Labute approximate surface area is 169 Å². The fraction of sp³-hybridized carbons (Fsp3) is 0.346. The van der Waals surface area contributed by atoms with Crippen molar-refractivity contribution in [3.63, 3.8) is 0 Å². The molecule has 2 nitrogen and oxygen atoms in total. The largest absolute Gasteiger partial charge is 0.494 e. The van der Waals surface area contributed by atoms with Gasteiger partial charge in [-0.05, 0) is 79.1 Å². The molecule has 0 aliphatic rings. The Morgan fingerprint density at radius 1 is 0.679 bits per heavy atom. The van der Waals surface area contributed by atoms with Crippen molar-refractivity contribution in [2.24, 2.45) is 0 Å². The number of hydrogen-bond donors (Lipinski definition) is 0. The van der Waals surface area contributed by atoms with Crippen molar-refractivity contribution in [2.75, 3.05) is 6.61 Å². The van der Waals surface area contributed by atoms with Crippen LogP contribution < -0.4 is 4.74 Å². The Morgan fingerprint density at radius 3 is 1.93 bits per heavy atom. The van der Waals surface area contributed by atoms with Gasteiger partial charge in [0, 0.05) is 11.8 Å². The number of ether oxygens (including phenoxy) is 1. The second kappa shape index (κ2) is 10.7. The Hall–Kier alpha value is -2.61. The van der Waals surface area contributed by atoms with Crippen molar-refractivity contribution in [2.45, 2.75) is 52.4 Å². The van der Waals surface area contributed by atoms with Crippen molar-refractivity contribution >= 4 is 0 Å². The molecule has 2 aromatic carbocycles. The van der Waals surface area contributed by atoms with E-state index in [-0.39, 0.29) is 0 Å². The van der Waals surface area contributed by atoms with Crippen LogP contribution in [0, 0.1) is 0 Å². The molecule has 28 heavy (non-hydrogen) atoms. The third-order valence-corrected chi connectivity index (χ3v) is 4.99. The number of pyridine rings is 1. The molecule has 0 unspecified atom stereocenters. The maximum atomic E-state index is 5.65. The lowest BCUT2D eigenvalue weighted by molar-refractivity contribution is 0.317. The zero-order valence-corrected chi connectivity index (χ0v) is 17.2. The van der Waals surface area contributed by atoms with Gasteiger partial charge in [0.15, 0.2) is 0 Å². The second-order valence-electron chi connectivity index (χ2n) is 7.34. The first kappa shape index (κ1) is 20.1. The van der Waals surface area contributed by atoms with E-state index in [1.807, 2.05) is 18.3 Å². The maximum Gasteiger partial charge on any atom is 0.119 e. The lowest BCUT2D eigenvalue weighted by atomic mass is 10.0. The van der Waals surface area contributed by atoms with Gasteiger partial charge in [-0.1, -0.05) is 50.6 Å². The molecule has 0 atom stereocenters. The topological polar surface area (TPSA) is 22.1 Å². The number of aryl methyl sites for hydroxylation is 3. The molecular formula is C26H31NO. The van der Waals surface area contributed by atoms with Crippen LogP contribution in [0.1, 0.15) is 49.8 Å². The molecule has 0 amide bonds. The van der Waals surface area contributed by atoms with Gasteiger partial charge in [0.25, 0.3) is 0 Å². The van der Waals surface area contributed by atoms with E-state index in [0.29, 0.717) is 0 Å². The van der Waals surface area contributed by atoms with Gasteiger partial charge in [0.05, 0.1) is 12.3 Å². The summed E-state index contributed by atoms with van der Waals surface area (Å²) in [4.78, 5) is 4.66. The standard InChI is InChI=1S/C26H31NO/c1-3-5-6-21-7-9-22(10-8-21)11-12-23-13-18-26(27-20-23)24-14-16-25(17-15-24)28-19-4-2/h7-10,13-18,20H,3-6,11-12,19H2,1-2H3. The number of unbranched alkanes of at least 4 members (excludes halogenated alkanes) is 1. The average molecular weight is 374 g/mol. The highest BCUT2D eigenvalue weighted by Crippen LogP contribution is 2.21. The molecule has 0 aliphatic heterocycles. The predicted octanol–water partition coefficient (Wildman–Crippen LogP) is 6.67. The molecule has 0 spiro atoms. The molecule has 0 saturated heterocycles. The van der Waals surface area contributed by atoms with Gasteiger partial charge in [-0.15, -0.1) is 0 Å². The molecule has 0 fully saturated rings. The van der Waals surface area contributed by atoms with Gasteiger partial charge in [0.2, 0.25) is 0 Å². The second-order valence-corrected chi connectivity index (χ2v) is 7.34. The van der Waals surface area contributed by atoms with Crippen LogP contribution in [0.25, 0.3) is 11.3 Å². The Kier molecular flexibility index (Phi) is 7.66. The summed E-state index contributed by atoms with van der Waals surface area (Å²) in [5.74, 6) is 0.919. The monoisotopic (exact) mass is 373 g/mol. The van der Waals surface area contributed by atoms with Crippen molar-refractivity contribution in [1.29, 1.82) is 0 Å². The fourth-order valence-electron chi connectivity index (χ4n) is 3.23. The van der Waals surface area contributed by atoms with Gasteiger partial charge in [-0.2, -0.15) is 0 Å². The molecule has 0 aliphatic carbocycles. The van der Waals surface area contributed by atoms with E-state index in [2.05, 4.69) is 67.4 Å². The summed E-state index contributed by atoms with van der Waals surface area (Å²) < 4.78 is 5.65. The number of hydrogen-bond acceptors (Lipinski definition) is 2. The Balaban J connectivity index is 1.54. The van der Waals surface area contributed by atoms with Gasteiger partial charge >= 0.3 is 0 Å². The summed E-state index contributed by atoms with van der Waals surface area (Å²) in [6.07, 6.45) is 8.81. The van der Waals surface area contributed by atoms with Crippen LogP contribution in [0.4, 0.5) is 0 Å². The van der Waals surface area contributed by atoms with Crippen LogP contribution in [-0.2, 0) is 19.3 Å². The average Bonchev–Trinajstić information content (AvgIpc) is 2.76. The van der Waals surface area contributed by atoms with E-state index in [0.717, 1.165) is 42.9 Å². The highest BCUT2D eigenvalue weighted by molar-refractivity contribution is 5.60. The van der Waals surface area contributed by atoms with Crippen molar-refractivity contribution in [3.05, 3.63) is 83.6 Å². The van der Waals surface area contributed by atoms with Crippen LogP contribution in [-0.4, -0.2) is 11.6 Å². The zero-order valence-electron chi connectivity index (χ0n) is 17.2. The highest BCUT2D eigenvalue weighted by Gasteiger charge is 2.02. The SMILES string of the molecule is CCCCc1ccc(CCc2ccc(-c3ccc(OCCC)cc3)nc2)cc1. The number of aromatic nitrogens is 1. The van der Waals surface area contributed by atoms with Crippen LogP contribution in [0.3, 0.4) is 0 Å². The van der Waals surface area contributed by atoms with Crippen LogP contribution >= 0.6 is 0 Å². The lowest BCUT2D eigenvalue weighted by Gasteiger charge is -2.07. The van der Waals surface area contributed by atoms with E-state index in [4.69, 9.17) is 4.74 Å². The molecule has 146 valence electrons. The predicted molar refractivity (Wildman–Crippen MR) is 118 cm³/mol. The van der Waals surface area contributed by atoms with Gasteiger partial charge in [-0.25, -0.2) is 0 Å². The molecular weight excluding hydrogens is 342 g/mol. The number of benzene rings is 2. The molecule has 0 radical (unpaired) electrons. The molecule has 1 heterocycles. The summed E-state index contributed by atoms with van der Waals surface area (Å²) in [7, 11) is 0. The minimum Gasteiger partial charge on any atom is -0.494 e. The van der Waals surface area contributed by atoms with E-state index < -0.39 is 0 Å². The summed E-state index contributed by atoms with van der Waals surface area (Å²) in [5.41, 5.74) is 6.25. The molecule has 0 saturated carbocycles. The zero-order chi connectivity index (χ0) is 19.6. The molecule has 3 aromatic rings. The molecule has 1 aromatic heterocycles. The first-order valence-corrected chi connectivity index (χ1v) is 10.5. The minimum absolute atomic E-state index is 0.758. The third kappa shape index (κ3) is 5.95. The van der Waals surface area contributed by atoms with Crippen molar-refractivity contribution in [1.82, 2.24) is 4.98 Å². The van der Waals surface area contributed by atoms with E-state index in [1.165, 1.54) is 36.0 Å². The summed E-state index contributed by atoms with van der Waals surface area (Å²) in [6.45, 7) is 5.11. The van der Waals surface area contributed by atoms with Gasteiger partial charge < -0.3 is 4.74 Å². The van der Waals surface area contributed by atoms with Gasteiger partial charge in [0.1, 0.15) is 5.75 Å². The van der Waals surface area contributed by atoms with Gasteiger partial charge in [-0.3, -0.25) is 4.98 Å². The smallest absolute Gasteiger partial charge is 0.119 e. The molecule has 0 N–H and O–H groups in total. The quantitative estimate of drug-likeness (QED) is 0.396. The molecule has 3 rings (SSSR count). The Bertz CT molecular complexity index is 820. The summed E-state index contributed by atoms with van der Waals surface area (Å²) >= 11 is 0. The molecule has 2 heteroatoms. The first-order chi connectivity index (χ1) is 13.8. The maximum absolute atomic E-state index is 5.65. The fourth-order valence-corrected chi connectivity index (χ4v) is 3.23. The summed E-state index contributed by atoms with van der Waals surface area (Å²) in [5, 5.41) is 0. The van der Waals surface area contributed by atoms with Crippen molar-refractivity contribution in [3.8, 4) is 17.0 Å². The highest BCUT2D eigenvalue weighted by atomic mass is 16.5. The van der Waals surface area contributed by atoms with E-state index in [9.17, 15) is 0 Å². The van der Waals surface area contributed by atoms with Crippen LogP contribution in [0.2, 0.25) is 0 Å². The van der Waals surface area contributed by atoms with Crippen LogP contribution in [0.5, 0.6) is 5.75 Å². The third-order valence-electron chi connectivity index (χ3n) is 4.99. The minimum atomic E-state index is 0.758. The van der Waals surface area contributed by atoms with E-state index >= 15 is 0 Å². The molecule has 0 bridgehead atoms. The summed E-state index contributed by atoms with van der Waals surface area (Å²) in [6, 6.07) is 21.6. The van der Waals surface area contributed by atoms with Crippen LogP contribution in [0.15, 0.2) is 66.9 Å². The van der Waals surface area contributed by atoms with Crippen molar-refractivity contribution < 1.29 is 4.74 Å². The normalized spacial score (nSPS) is 10.8. The van der Waals surface area contributed by atoms with E-state index in [1.54, 1.807) is 0 Å². The number of rotatable bonds is 10. The first-order valence-electron chi connectivity index (χ1n) is 10.5. The lowest BCUT2D eigenvalue weighted by Crippen LogP contribution is -1.95.